The third-order valence-electron chi connectivity index (χ3n) is 21.5. The number of fused-ring (bicyclic) bond motifs is 5. The molecule has 137 heavy (non-hydrogen) atoms. The molecule has 0 aliphatic heterocycles. The summed E-state index contributed by atoms with van der Waals surface area (Å²) < 4.78 is 212. The Balaban J connectivity index is 0.000000166. The second-order valence-electron chi connectivity index (χ2n) is 29.8. The highest BCUT2D eigenvalue weighted by Gasteiger charge is 2.33. The van der Waals surface area contributed by atoms with Crippen LogP contribution in [0.15, 0.2) is 224 Å². The van der Waals surface area contributed by atoms with Gasteiger partial charge >= 0.3 is 43.7 Å². The molecule has 5 amide bonds. The van der Waals surface area contributed by atoms with E-state index in [-0.39, 0.29) is 35.3 Å². The second-order valence-corrected chi connectivity index (χ2v) is 33.9. The molecule has 27 nitrogen and oxygen atoms in total. The van der Waals surface area contributed by atoms with Crippen LogP contribution in [0.5, 0.6) is 23.0 Å². The van der Waals surface area contributed by atoms with Gasteiger partial charge in [0.1, 0.15) is 52.6 Å². The van der Waals surface area contributed by atoms with Crippen LogP contribution in [0.2, 0.25) is 0 Å². The number of hydrogen-bond donors (Lipinski definition) is 7. The van der Waals surface area contributed by atoms with Crippen molar-refractivity contribution in [1.29, 1.82) is 15.8 Å². The Morgan fingerprint density at radius 3 is 1.26 bits per heavy atom. The number of benzene rings is 10. The lowest BCUT2D eigenvalue weighted by atomic mass is 10.1. The normalized spacial score (nSPS) is 11.3. The number of urea groups is 2. The van der Waals surface area contributed by atoms with Crippen molar-refractivity contribution in [3.63, 3.8) is 0 Å². The van der Waals surface area contributed by atoms with E-state index in [1.165, 1.54) is 30.3 Å². The number of nitriles is 3. The standard InChI is InChI=1S/C26H21F3N4O2.C22H22N4O4.C19H20F2N2O3S.C18H18F2N2O3S.C13H12F3N3/c1-3-33-23-11-10-20(35-2)14-21(23)22(15-30)24(33)16-6-4-8-18(12-16)31-25(34)32-19-9-5-7-17(13-19)26(27,28)29;1-4-26-19-10-9-16(29-3)12-17(19)18(13-23)20(26)14-7-6-8-15(11-14)24-21(27)25-22(28)30-5-2;1-3-23-17(11-14-7-10-16(12-18(14)23)26-19(20)21)13-5-8-15(9-6-13)22-27(24,25)4-2;1-3-26(23,24)21-14-7-4-12(5-8-14)16-10-13-6-9-15(25-18(19)20)11-17(13)22(16)2;1-3-19-11-6-8(13(14,15)16)4-5-9(11)10(7-17)12(19)18-2/h4-14H,3H2,1-2H3,(H2,31,32,34);6-12H,4-5H2,1-3H3,(H2,24,25,27,28);5-12,19,22H,3-4H2,1-2H3;4-11,18,21H,3H2,1-2H3;4-6,18H,3H2,1-2H3. The van der Waals surface area contributed by atoms with E-state index in [0.717, 1.165) is 102 Å². The highest BCUT2D eigenvalue weighted by atomic mass is 32.2. The molecule has 15 rings (SSSR count). The minimum absolute atomic E-state index is 0.000965. The molecule has 0 bridgehead atoms. The lowest BCUT2D eigenvalue weighted by molar-refractivity contribution is -0.138. The van der Waals surface area contributed by atoms with Gasteiger partial charge in [-0.1, -0.05) is 60.7 Å². The summed E-state index contributed by atoms with van der Waals surface area (Å²) in [4.78, 5) is 35.9. The number of nitrogens with one attached hydrogen (secondary N) is 7. The first kappa shape index (κ1) is 102. The van der Waals surface area contributed by atoms with Crippen molar-refractivity contribution in [2.24, 2.45) is 7.05 Å². The number of sulfonamides is 2. The Morgan fingerprint density at radius 2 is 0.832 bits per heavy atom. The van der Waals surface area contributed by atoms with Gasteiger partial charge in [-0.3, -0.25) is 9.44 Å². The summed E-state index contributed by atoms with van der Waals surface area (Å²) in [7, 11) is -0.0320. The van der Waals surface area contributed by atoms with Crippen molar-refractivity contribution in [2.75, 3.05) is 70.1 Å². The first-order valence-electron chi connectivity index (χ1n) is 42.4. The predicted molar refractivity (Wildman–Crippen MR) is 510 cm³/mol. The van der Waals surface area contributed by atoms with Gasteiger partial charge in [0, 0.05) is 130 Å². The van der Waals surface area contributed by atoms with Crippen molar-refractivity contribution in [3.05, 3.63) is 252 Å². The maximum Gasteiger partial charge on any atom is 0.416 e. The van der Waals surface area contributed by atoms with E-state index in [1.54, 1.807) is 144 Å². The van der Waals surface area contributed by atoms with E-state index in [9.17, 15) is 85.6 Å². The number of rotatable bonds is 25. The molecule has 39 heteroatoms. The number of aromatic nitrogens is 5. The van der Waals surface area contributed by atoms with Crippen LogP contribution < -0.4 is 55.0 Å². The maximum atomic E-state index is 12.9. The van der Waals surface area contributed by atoms with Crippen LogP contribution in [0.4, 0.5) is 92.5 Å². The molecule has 0 fully saturated rings. The molecular formula is C98H93F10N15O12S2. The number of alkyl halides is 10. The maximum absolute atomic E-state index is 12.9. The Hall–Kier alpha value is -15.8. The molecule has 15 aromatic rings. The third-order valence-corrected chi connectivity index (χ3v) is 24.1. The molecule has 5 heterocycles. The largest absolute Gasteiger partial charge is 0.497 e. The van der Waals surface area contributed by atoms with E-state index in [2.05, 4.69) is 57.6 Å². The minimum Gasteiger partial charge on any atom is -0.497 e. The minimum atomic E-state index is -4.51. The molecule has 0 radical (unpaired) electrons. The Kier molecular flexibility index (Phi) is 32.9. The first-order chi connectivity index (χ1) is 65.3. The fraction of sp³-hybridized carbons (Fsp3) is 0.224. The number of amides is 5. The monoisotopic (exact) mass is 1930 g/mol. The van der Waals surface area contributed by atoms with Crippen LogP contribution in [0.3, 0.4) is 0 Å². The molecule has 5 aromatic heterocycles. The molecule has 0 saturated heterocycles. The smallest absolute Gasteiger partial charge is 0.416 e. The Labute approximate surface area is 781 Å². The molecule has 0 atom stereocenters. The average Bonchev–Trinajstić information content (AvgIpc) is 1.61. The lowest BCUT2D eigenvalue weighted by Gasteiger charge is -2.12. The summed E-state index contributed by atoms with van der Waals surface area (Å²) in [5, 5.41) is 45.5. The SMILES string of the molecule is CCOC(=O)NC(=O)Nc1cccc(-c2c(C#N)c3cc(OC)ccc3n2CC)c1.CCS(=O)(=O)Nc1ccc(-c2cc3ccc(OC(F)F)cc3n2C)cc1.CCn1c(-c2ccc(NS(=O)(=O)CC)cc2)cc2ccc(OC(F)F)cc21.CCn1c(-c2cccc(NC(=O)Nc3cccc(C(F)(F)F)c3)c2)c(C#N)c2cc(OC)ccc21.CCn1c(NC)c(C#N)c2ccc(C(F)(F)F)cc21. The van der Waals surface area contributed by atoms with Gasteiger partial charge < -0.3 is 67.8 Å². The molecule has 0 aliphatic rings. The average molecular weight is 1930 g/mol. The number of carbonyl (C=O) groups is 3. The van der Waals surface area contributed by atoms with Gasteiger partial charge in [-0.2, -0.15) is 59.7 Å². The number of imide groups is 1. The van der Waals surface area contributed by atoms with E-state index >= 15 is 0 Å². The predicted octanol–water partition coefficient (Wildman–Crippen LogP) is 23.9. The van der Waals surface area contributed by atoms with Crippen LogP contribution >= 0.6 is 0 Å². The third kappa shape index (κ3) is 24.4. The van der Waals surface area contributed by atoms with Gasteiger partial charge in [-0.15, -0.1) is 0 Å². The number of alkyl carbamates (subject to hydrolysis) is 1. The number of ether oxygens (including phenoxy) is 5. The van der Waals surface area contributed by atoms with E-state index in [4.69, 9.17) is 19.5 Å². The number of hydrogen-bond acceptors (Lipinski definition) is 16. The van der Waals surface area contributed by atoms with Crippen molar-refractivity contribution < 1.29 is 98.8 Å². The zero-order chi connectivity index (χ0) is 99.5. The first-order valence-corrected chi connectivity index (χ1v) is 45.7. The number of methoxy groups -OCH3 is 2. The van der Waals surface area contributed by atoms with Crippen LogP contribution in [0.1, 0.15) is 76.3 Å². The highest BCUT2D eigenvalue weighted by Crippen LogP contribution is 2.42. The number of carbonyl (C=O) groups excluding carboxylic acids is 3. The molecule has 714 valence electrons. The summed E-state index contributed by atoms with van der Waals surface area (Å²) >= 11 is 0. The molecule has 7 N–H and O–H groups in total. The van der Waals surface area contributed by atoms with Crippen molar-refractivity contribution in [2.45, 2.75) is 100 Å². The van der Waals surface area contributed by atoms with Gasteiger partial charge in [0.2, 0.25) is 20.0 Å². The van der Waals surface area contributed by atoms with E-state index < -0.39 is 74.9 Å². The van der Waals surface area contributed by atoms with Crippen LogP contribution in [0.25, 0.3) is 99.5 Å². The molecule has 10 aromatic carbocycles. The number of anilines is 6. The molecule has 0 aliphatic carbocycles. The Morgan fingerprint density at radius 1 is 0.409 bits per heavy atom. The van der Waals surface area contributed by atoms with Crippen LogP contribution in [0, 0.1) is 34.0 Å². The fourth-order valence-corrected chi connectivity index (χ4v) is 16.6. The zero-order valence-electron chi connectivity index (χ0n) is 75.5. The van der Waals surface area contributed by atoms with Crippen molar-refractivity contribution in [3.8, 4) is 86.2 Å². The zero-order valence-corrected chi connectivity index (χ0v) is 77.2. The number of nitrogens with zero attached hydrogens (tertiary/aromatic N) is 8. The molecule has 0 unspecified atom stereocenters. The number of halogens is 10. The van der Waals surface area contributed by atoms with Gasteiger partial charge in [-0.25, -0.2) is 36.5 Å². The summed E-state index contributed by atoms with van der Waals surface area (Å²) in [5.74, 6) is 2.06. The second kappa shape index (κ2) is 44.4. The topological polar surface area (TPSA) is 346 Å². The summed E-state index contributed by atoms with van der Waals surface area (Å²) in [5.41, 5.74) is 11.9. The number of aryl methyl sites for hydroxylation is 5. The van der Waals surface area contributed by atoms with Gasteiger partial charge in [0.05, 0.1) is 93.6 Å². The van der Waals surface area contributed by atoms with Gasteiger partial charge in [0.25, 0.3) is 0 Å². The molecule has 0 saturated carbocycles. The lowest BCUT2D eigenvalue weighted by Crippen LogP contribution is -2.34. The highest BCUT2D eigenvalue weighted by molar-refractivity contribution is 7.92. The van der Waals surface area contributed by atoms with Gasteiger partial charge in [-0.05, 0) is 211 Å². The van der Waals surface area contributed by atoms with Crippen molar-refractivity contribution >= 4 is 127 Å². The molecular weight excluding hydrogens is 1830 g/mol. The summed E-state index contributed by atoms with van der Waals surface area (Å²) in [6.45, 7) is 9.36. The summed E-state index contributed by atoms with van der Waals surface area (Å²) in [6.07, 6.45) is -9.72. The quantitative estimate of drug-likeness (QED) is 0.0261. The van der Waals surface area contributed by atoms with E-state index in [1.807, 2.05) is 132 Å². The summed E-state index contributed by atoms with van der Waals surface area (Å²) in [6, 6.07) is 65.8. The Bertz CT molecular complexity index is 7320. The van der Waals surface area contributed by atoms with Crippen molar-refractivity contribution in [1.82, 2.24) is 28.2 Å². The van der Waals surface area contributed by atoms with Crippen LogP contribution in [-0.2, 0) is 70.4 Å². The molecule has 0 spiro atoms. The van der Waals surface area contributed by atoms with E-state index in [0.29, 0.717) is 105 Å². The fourth-order valence-electron chi connectivity index (χ4n) is 15.3. The van der Waals surface area contributed by atoms with Gasteiger partial charge in [0.15, 0.2) is 0 Å². The van der Waals surface area contributed by atoms with Crippen LogP contribution in [-0.4, -0.2) is 110 Å².